The Bertz CT molecular complexity index is 1450. The molecule has 0 amide bonds. The van der Waals surface area contributed by atoms with E-state index in [1.165, 1.54) is 29.0 Å². The van der Waals surface area contributed by atoms with Gasteiger partial charge in [-0.3, -0.25) is 0 Å². The second-order valence-electron chi connectivity index (χ2n) is 11.7. The standard InChI is InChI=1S/C32H36F2N2O2S.BrH/c1-31(2,3)25-18-22(19-26(28(25)37)32(4,5)6)27-20-39-30(36(27)17-16-21-10-8-7-9-11-21)35-23-12-14-24(15-13-23)38-29(33)34;/h7-15,18-20,29,37H,16-17H2,1-6H3;1H. The number of hydrogen-bond donors (Lipinski definition) is 1. The van der Waals surface area contributed by atoms with Gasteiger partial charge < -0.3 is 14.4 Å². The van der Waals surface area contributed by atoms with Crippen molar-refractivity contribution in [2.75, 3.05) is 0 Å². The molecule has 0 fully saturated rings. The molecule has 0 saturated carbocycles. The number of thiazole rings is 1. The number of phenols is 1. The number of aromatic nitrogens is 1. The number of nitrogens with zero attached hydrogens (tertiary/aromatic N) is 2. The van der Waals surface area contributed by atoms with Crippen LogP contribution in [0, 0.1) is 0 Å². The number of phenolic OH excluding ortho intramolecular Hbond substituents is 1. The molecular weight excluding hydrogens is 594 g/mol. The van der Waals surface area contributed by atoms with Crippen LogP contribution >= 0.6 is 28.3 Å². The predicted octanol–water partition coefficient (Wildman–Crippen LogP) is 9.17. The highest BCUT2D eigenvalue weighted by Gasteiger charge is 2.27. The van der Waals surface area contributed by atoms with Gasteiger partial charge in [0, 0.05) is 23.1 Å². The van der Waals surface area contributed by atoms with E-state index in [2.05, 4.69) is 80.5 Å². The molecule has 1 N–H and O–H groups in total. The molecule has 0 aliphatic heterocycles. The van der Waals surface area contributed by atoms with Crippen LogP contribution in [0.15, 0.2) is 77.1 Å². The summed E-state index contributed by atoms with van der Waals surface area (Å²) in [7, 11) is 0. The summed E-state index contributed by atoms with van der Waals surface area (Å²) in [5.41, 5.74) is 5.21. The number of aromatic hydroxyl groups is 1. The molecule has 4 aromatic rings. The average Bonchev–Trinajstić information content (AvgIpc) is 3.25. The van der Waals surface area contributed by atoms with Crippen molar-refractivity contribution in [3.05, 3.63) is 93.6 Å². The van der Waals surface area contributed by atoms with Crippen LogP contribution in [0.3, 0.4) is 0 Å². The van der Waals surface area contributed by atoms with Crippen LogP contribution in [-0.2, 0) is 23.8 Å². The van der Waals surface area contributed by atoms with Crippen molar-refractivity contribution in [3.63, 3.8) is 0 Å². The fraction of sp³-hybridized carbons (Fsp3) is 0.344. The summed E-state index contributed by atoms with van der Waals surface area (Å²) < 4.78 is 31.8. The van der Waals surface area contributed by atoms with Crippen molar-refractivity contribution in [2.45, 2.75) is 71.9 Å². The first-order valence-corrected chi connectivity index (χ1v) is 13.9. The minimum atomic E-state index is -2.87. The van der Waals surface area contributed by atoms with Gasteiger partial charge in [0.05, 0.1) is 11.4 Å². The molecule has 4 nitrogen and oxygen atoms in total. The maximum Gasteiger partial charge on any atom is 0.387 e. The molecule has 4 rings (SSSR count). The molecular formula is C32H37BrF2N2O2S. The third-order valence-corrected chi connectivity index (χ3v) is 7.44. The van der Waals surface area contributed by atoms with E-state index < -0.39 is 6.61 Å². The van der Waals surface area contributed by atoms with Crippen molar-refractivity contribution in [1.29, 1.82) is 0 Å². The van der Waals surface area contributed by atoms with Crippen molar-refractivity contribution >= 4 is 34.0 Å². The summed E-state index contributed by atoms with van der Waals surface area (Å²) in [4.78, 5) is 5.67. The minimum absolute atomic E-state index is 0. The van der Waals surface area contributed by atoms with Gasteiger partial charge in [-0.2, -0.15) is 8.78 Å². The van der Waals surface area contributed by atoms with E-state index in [0.29, 0.717) is 18.0 Å². The van der Waals surface area contributed by atoms with Gasteiger partial charge in [0.25, 0.3) is 0 Å². The van der Waals surface area contributed by atoms with Gasteiger partial charge >= 0.3 is 6.61 Å². The Balaban J connectivity index is 0.00000441. The van der Waals surface area contributed by atoms with Crippen LogP contribution in [0.5, 0.6) is 11.5 Å². The monoisotopic (exact) mass is 630 g/mol. The highest BCUT2D eigenvalue weighted by molar-refractivity contribution is 8.93. The molecule has 0 saturated heterocycles. The molecule has 8 heteroatoms. The summed E-state index contributed by atoms with van der Waals surface area (Å²) in [6.07, 6.45) is 0.815. The van der Waals surface area contributed by atoms with Gasteiger partial charge in [-0.05, 0) is 64.8 Å². The normalized spacial score (nSPS) is 12.5. The molecule has 40 heavy (non-hydrogen) atoms. The Kier molecular flexibility index (Phi) is 10.0. The largest absolute Gasteiger partial charge is 0.507 e. The van der Waals surface area contributed by atoms with E-state index in [1.54, 1.807) is 12.1 Å². The maximum absolute atomic E-state index is 12.6. The highest BCUT2D eigenvalue weighted by Crippen LogP contribution is 2.42. The number of ether oxygens (including phenoxy) is 1. The molecule has 3 aromatic carbocycles. The van der Waals surface area contributed by atoms with Crippen LogP contribution in [0.4, 0.5) is 14.5 Å². The van der Waals surface area contributed by atoms with Gasteiger partial charge in [-0.15, -0.1) is 28.3 Å². The fourth-order valence-corrected chi connectivity index (χ4v) is 5.44. The Morgan fingerprint density at radius 2 is 1.48 bits per heavy atom. The molecule has 0 aliphatic carbocycles. The SMILES string of the molecule is Br.CC(C)(C)c1cc(-c2csc(=Nc3ccc(OC(F)F)cc3)n2CCc2ccccc2)cc(C(C)(C)C)c1O. The molecule has 1 aromatic heterocycles. The predicted molar refractivity (Wildman–Crippen MR) is 166 cm³/mol. The first kappa shape index (κ1) is 31.6. The molecule has 0 unspecified atom stereocenters. The van der Waals surface area contributed by atoms with E-state index in [4.69, 9.17) is 4.99 Å². The Morgan fingerprint density at radius 3 is 2.00 bits per heavy atom. The lowest BCUT2D eigenvalue weighted by Gasteiger charge is -2.28. The average molecular weight is 632 g/mol. The second kappa shape index (κ2) is 12.7. The molecule has 0 aliphatic rings. The van der Waals surface area contributed by atoms with Crippen LogP contribution in [0.25, 0.3) is 11.3 Å². The van der Waals surface area contributed by atoms with Gasteiger partial charge in [0.1, 0.15) is 11.5 Å². The molecule has 0 radical (unpaired) electrons. The van der Waals surface area contributed by atoms with Crippen LogP contribution in [0.2, 0.25) is 0 Å². The molecule has 0 bridgehead atoms. The van der Waals surface area contributed by atoms with Gasteiger partial charge in [-0.25, -0.2) is 4.99 Å². The van der Waals surface area contributed by atoms with Crippen molar-refractivity contribution in [3.8, 4) is 22.8 Å². The summed E-state index contributed by atoms with van der Waals surface area (Å²) >= 11 is 1.53. The van der Waals surface area contributed by atoms with Crippen molar-refractivity contribution in [1.82, 2.24) is 4.57 Å². The number of aryl methyl sites for hydroxylation is 1. The number of benzene rings is 3. The lowest BCUT2D eigenvalue weighted by molar-refractivity contribution is -0.0498. The zero-order chi connectivity index (χ0) is 28.4. The summed E-state index contributed by atoms with van der Waals surface area (Å²) in [6.45, 7) is 10.5. The third kappa shape index (κ3) is 7.61. The molecule has 214 valence electrons. The molecule has 0 spiro atoms. The van der Waals surface area contributed by atoms with Gasteiger partial charge in [-0.1, -0.05) is 71.9 Å². The first-order chi connectivity index (χ1) is 18.3. The highest BCUT2D eigenvalue weighted by atomic mass is 79.9. The van der Waals surface area contributed by atoms with E-state index in [1.807, 2.05) is 18.2 Å². The zero-order valence-corrected chi connectivity index (χ0v) is 26.3. The second-order valence-corrected chi connectivity index (χ2v) is 12.5. The van der Waals surface area contributed by atoms with E-state index in [-0.39, 0.29) is 33.6 Å². The smallest absolute Gasteiger partial charge is 0.387 e. The zero-order valence-electron chi connectivity index (χ0n) is 23.7. The first-order valence-electron chi connectivity index (χ1n) is 13.0. The van der Waals surface area contributed by atoms with E-state index in [9.17, 15) is 13.9 Å². The van der Waals surface area contributed by atoms with E-state index in [0.717, 1.165) is 33.6 Å². The lowest BCUT2D eigenvalue weighted by Crippen LogP contribution is -2.19. The van der Waals surface area contributed by atoms with E-state index >= 15 is 0 Å². The number of halogens is 3. The van der Waals surface area contributed by atoms with Crippen LogP contribution in [0.1, 0.15) is 58.2 Å². The number of alkyl halides is 2. The topological polar surface area (TPSA) is 46.8 Å². The summed E-state index contributed by atoms with van der Waals surface area (Å²) in [5, 5.41) is 13.4. The third-order valence-electron chi connectivity index (χ3n) is 6.57. The van der Waals surface area contributed by atoms with Gasteiger partial charge in [0.2, 0.25) is 0 Å². The summed E-state index contributed by atoms with van der Waals surface area (Å²) in [5.74, 6) is 0.446. The molecule has 0 atom stereocenters. The number of hydrogen-bond acceptors (Lipinski definition) is 4. The molecule has 1 heterocycles. The minimum Gasteiger partial charge on any atom is -0.507 e. The van der Waals surface area contributed by atoms with Crippen LogP contribution in [-0.4, -0.2) is 16.3 Å². The Morgan fingerprint density at radius 1 is 0.900 bits per heavy atom. The van der Waals surface area contributed by atoms with Gasteiger partial charge in [0.15, 0.2) is 4.80 Å². The van der Waals surface area contributed by atoms with Crippen molar-refractivity contribution < 1.29 is 18.6 Å². The van der Waals surface area contributed by atoms with Crippen LogP contribution < -0.4 is 9.54 Å². The maximum atomic E-state index is 12.6. The van der Waals surface area contributed by atoms with Crippen molar-refractivity contribution in [2.24, 2.45) is 4.99 Å². The number of rotatable bonds is 7. The summed E-state index contributed by atoms with van der Waals surface area (Å²) in [6, 6.07) is 20.8. The Labute approximate surface area is 249 Å². The Hall–Kier alpha value is -2.97. The fourth-order valence-electron chi connectivity index (χ4n) is 4.49. The quantitative estimate of drug-likeness (QED) is 0.221. The lowest BCUT2D eigenvalue weighted by atomic mass is 9.78.